The molecule has 36 heavy (non-hydrogen) atoms. The average Bonchev–Trinajstić information content (AvgIpc) is 2.91. The summed E-state index contributed by atoms with van der Waals surface area (Å²) in [4.78, 5) is 0. The van der Waals surface area contributed by atoms with E-state index >= 15 is 0 Å². The minimum atomic E-state index is -1.05. The summed E-state index contributed by atoms with van der Waals surface area (Å²) in [5, 5.41) is 0. The first kappa shape index (κ1) is 50.9. The van der Waals surface area contributed by atoms with E-state index in [1.54, 1.807) is 107 Å². The van der Waals surface area contributed by atoms with Gasteiger partial charge in [-0.05, 0) is 0 Å². The molecule has 0 spiro atoms. The molecule has 0 radical (unpaired) electrons. The van der Waals surface area contributed by atoms with Crippen molar-refractivity contribution in [2.24, 2.45) is 0 Å². The monoisotopic (exact) mass is 676 g/mol. The van der Waals surface area contributed by atoms with E-state index in [4.69, 9.17) is 0 Å². The molecule has 0 aliphatic rings. The summed E-state index contributed by atoms with van der Waals surface area (Å²) in [5.74, 6) is 0. The van der Waals surface area contributed by atoms with Crippen molar-refractivity contribution < 1.29 is 84.9 Å². The molecule has 0 saturated carbocycles. The third-order valence-corrected chi connectivity index (χ3v) is 6.71. The van der Waals surface area contributed by atoms with Gasteiger partial charge in [-0.15, -0.1) is 0 Å². The Morgan fingerprint density at radius 2 is 0.250 bits per heavy atom. The van der Waals surface area contributed by atoms with Gasteiger partial charge in [-0.3, -0.25) is 0 Å². The van der Waals surface area contributed by atoms with Crippen molar-refractivity contribution in [2.75, 3.05) is 107 Å². The van der Waals surface area contributed by atoms with Crippen LogP contribution >= 0.6 is 43.0 Å². The van der Waals surface area contributed by atoms with Crippen LogP contribution in [-0.2, 0) is 84.9 Å². The molecule has 0 bridgehead atoms. The SMILES string of the molecule is COP(OC)OC.COP(OC)OC.COP(OC)OC.COP(OC)OC.COP(OC)OC.[Fe]. The van der Waals surface area contributed by atoms with E-state index in [0.717, 1.165) is 0 Å². The Morgan fingerprint density at radius 3 is 0.250 bits per heavy atom. The first-order chi connectivity index (χ1) is 16.7. The van der Waals surface area contributed by atoms with Crippen molar-refractivity contribution in [1.82, 2.24) is 0 Å². The van der Waals surface area contributed by atoms with Crippen LogP contribution in [0.25, 0.3) is 0 Å². The summed E-state index contributed by atoms with van der Waals surface area (Å²) < 4.78 is 70.0. The number of hydrogen-bond donors (Lipinski definition) is 0. The molecule has 228 valence electrons. The van der Waals surface area contributed by atoms with Crippen molar-refractivity contribution in [3.63, 3.8) is 0 Å². The van der Waals surface area contributed by atoms with E-state index in [1.165, 1.54) is 0 Å². The van der Waals surface area contributed by atoms with Crippen LogP contribution in [0.15, 0.2) is 0 Å². The zero-order chi connectivity index (χ0) is 28.5. The maximum Gasteiger partial charge on any atom is 0.331 e. The van der Waals surface area contributed by atoms with Crippen LogP contribution in [0.2, 0.25) is 0 Å². The molecule has 0 amide bonds. The molecule has 0 aromatic heterocycles. The van der Waals surface area contributed by atoms with E-state index in [0.29, 0.717) is 0 Å². The molecule has 15 nitrogen and oxygen atoms in total. The van der Waals surface area contributed by atoms with Gasteiger partial charge in [-0.25, -0.2) is 0 Å². The largest absolute Gasteiger partial charge is 0.331 e. The Bertz CT molecular complexity index is 235. The molecule has 0 aliphatic carbocycles. The van der Waals surface area contributed by atoms with Gasteiger partial charge in [-0.2, -0.15) is 0 Å². The summed E-state index contributed by atoms with van der Waals surface area (Å²) in [6.45, 7) is 0. The van der Waals surface area contributed by atoms with Crippen LogP contribution in [0.5, 0.6) is 0 Å². The third-order valence-electron chi connectivity index (χ3n) is 2.24. The zero-order valence-corrected chi connectivity index (χ0v) is 29.3. The smallest absolute Gasteiger partial charge is 0.316 e. The molecule has 0 aliphatic heterocycles. The Morgan fingerprint density at radius 1 is 0.194 bits per heavy atom. The second kappa shape index (κ2) is 46.9. The van der Waals surface area contributed by atoms with E-state index in [1.807, 2.05) is 0 Å². The van der Waals surface area contributed by atoms with E-state index in [9.17, 15) is 0 Å². The fraction of sp³-hybridized carbons (Fsp3) is 1.00. The first-order valence-corrected chi connectivity index (χ1v) is 14.3. The predicted molar refractivity (Wildman–Crippen MR) is 140 cm³/mol. The minimum Gasteiger partial charge on any atom is -0.316 e. The maximum absolute atomic E-state index is 4.67. The van der Waals surface area contributed by atoms with Gasteiger partial charge in [0.15, 0.2) is 0 Å². The second-order valence-corrected chi connectivity index (χ2v) is 11.6. The summed E-state index contributed by atoms with van der Waals surface area (Å²) in [6, 6.07) is 0. The van der Waals surface area contributed by atoms with Gasteiger partial charge in [0, 0.05) is 124 Å². The Hall–Kier alpha value is 2.07. The van der Waals surface area contributed by atoms with Crippen molar-refractivity contribution >= 4 is 43.0 Å². The predicted octanol–water partition coefficient (Wildman–Crippen LogP) is 5.76. The van der Waals surface area contributed by atoms with E-state index in [-0.39, 0.29) is 17.1 Å². The zero-order valence-electron chi connectivity index (χ0n) is 23.7. The number of rotatable bonds is 15. The third kappa shape index (κ3) is 43.1. The Balaban J connectivity index is -0.0000000776. The van der Waals surface area contributed by atoms with Crippen LogP contribution in [-0.4, -0.2) is 107 Å². The van der Waals surface area contributed by atoms with Crippen molar-refractivity contribution in [2.45, 2.75) is 0 Å². The molecule has 0 aromatic carbocycles. The minimum absolute atomic E-state index is 0. The summed E-state index contributed by atoms with van der Waals surface area (Å²) >= 11 is 0. The normalized spacial score (nSPS) is 10.0. The fourth-order valence-electron chi connectivity index (χ4n) is 1.12. The molecule has 0 saturated heterocycles. The topological polar surface area (TPSA) is 138 Å². The quantitative estimate of drug-likeness (QED) is 0.153. The first-order valence-electron chi connectivity index (χ1n) is 8.86. The van der Waals surface area contributed by atoms with E-state index < -0.39 is 43.0 Å². The standard InChI is InChI=1S/5C3H9O3P.Fe/c5*1-4-7(5-2)6-3;/h5*1-3H3;. The molecule has 0 rings (SSSR count). The molecular formula is C15H45FeO15P5. The van der Waals surface area contributed by atoms with Crippen LogP contribution in [0.1, 0.15) is 0 Å². The molecule has 21 heteroatoms. The van der Waals surface area contributed by atoms with Gasteiger partial charge in [0.1, 0.15) is 0 Å². The molecule has 0 N–H and O–H groups in total. The van der Waals surface area contributed by atoms with Crippen LogP contribution in [0.3, 0.4) is 0 Å². The van der Waals surface area contributed by atoms with Crippen molar-refractivity contribution in [3.05, 3.63) is 0 Å². The van der Waals surface area contributed by atoms with Gasteiger partial charge >= 0.3 is 43.0 Å². The summed E-state index contributed by atoms with van der Waals surface area (Å²) in [5.41, 5.74) is 0. The number of hydrogen-bond acceptors (Lipinski definition) is 15. The molecular weight excluding hydrogens is 631 g/mol. The fourth-order valence-corrected chi connectivity index (χ4v) is 3.35. The maximum atomic E-state index is 4.67. The van der Waals surface area contributed by atoms with E-state index in [2.05, 4.69) is 67.9 Å². The molecule has 0 fully saturated rings. The van der Waals surface area contributed by atoms with Crippen molar-refractivity contribution in [3.8, 4) is 0 Å². The Labute approximate surface area is 234 Å². The molecule has 0 atom stereocenters. The van der Waals surface area contributed by atoms with Gasteiger partial charge in [0.2, 0.25) is 0 Å². The second-order valence-electron chi connectivity index (χ2n) is 3.86. The van der Waals surface area contributed by atoms with Gasteiger partial charge in [0.25, 0.3) is 0 Å². The summed E-state index contributed by atoms with van der Waals surface area (Å²) in [7, 11) is 17.8. The van der Waals surface area contributed by atoms with Gasteiger partial charge in [-0.1, -0.05) is 0 Å². The van der Waals surface area contributed by atoms with Crippen LogP contribution < -0.4 is 0 Å². The molecule has 0 heterocycles. The average molecular weight is 676 g/mol. The van der Waals surface area contributed by atoms with Crippen LogP contribution in [0, 0.1) is 0 Å². The van der Waals surface area contributed by atoms with Crippen molar-refractivity contribution in [1.29, 1.82) is 0 Å². The van der Waals surface area contributed by atoms with Gasteiger partial charge < -0.3 is 67.9 Å². The molecule has 0 unspecified atom stereocenters. The molecule has 0 aromatic rings. The van der Waals surface area contributed by atoms with Crippen LogP contribution in [0.4, 0.5) is 0 Å². The summed E-state index contributed by atoms with van der Waals surface area (Å²) in [6.07, 6.45) is 0. The Kier molecular flexibility index (Phi) is 66.3. The van der Waals surface area contributed by atoms with Gasteiger partial charge in [0.05, 0.1) is 0 Å².